The number of benzene rings is 2. The van der Waals surface area contributed by atoms with E-state index in [-0.39, 0.29) is 34.9 Å². The molecule has 0 saturated carbocycles. The van der Waals surface area contributed by atoms with E-state index in [1.807, 2.05) is 29.2 Å². The van der Waals surface area contributed by atoms with E-state index in [9.17, 15) is 9.18 Å². The van der Waals surface area contributed by atoms with Gasteiger partial charge in [0, 0.05) is 24.7 Å². The van der Waals surface area contributed by atoms with Gasteiger partial charge in [0.15, 0.2) is 5.78 Å². The van der Waals surface area contributed by atoms with E-state index in [1.165, 1.54) is 19.2 Å². The molecule has 156 valence electrons. The minimum atomic E-state index is -0.582. The molecular weight excluding hydrogens is 439 g/mol. The SMILES string of the molecule is Br.COc1ccc(N(CC(=O)c2ccc(OC)cc2F)C2=NCCCCC2)cc1. The van der Waals surface area contributed by atoms with Crippen molar-refractivity contribution >= 4 is 34.3 Å². The summed E-state index contributed by atoms with van der Waals surface area (Å²) in [6.45, 7) is 0.765. The molecule has 0 atom stereocenters. The van der Waals surface area contributed by atoms with Gasteiger partial charge in [0.05, 0.1) is 26.3 Å². The maximum Gasteiger partial charge on any atom is 0.185 e. The van der Waals surface area contributed by atoms with Gasteiger partial charge in [-0.3, -0.25) is 9.79 Å². The van der Waals surface area contributed by atoms with Gasteiger partial charge in [-0.15, -0.1) is 17.0 Å². The third kappa shape index (κ3) is 5.79. The quantitative estimate of drug-likeness (QED) is 0.559. The standard InChI is InChI=1S/C22H25FN2O3.BrH/c1-27-17-9-7-16(8-10-17)25(22-6-4-3-5-13-24-22)15-21(26)19-12-11-18(28-2)14-20(19)23;/h7-12,14H,3-6,13,15H2,1-2H3;1H. The number of nitrogens with zero attached hydrogens (tertiary/aromatic N) is 2. The Bertz CT molecular complexity index is 856. The lowest BCUT2D eigenvalue weighted by atomic mass is 10.1. The lowest BCUT2D eigenvalue weighted by molar-refractivity contribution is 0.0998. The van der Waals surface area contributed by atoms with Crippen LogP contribution in [0.4, 0.5) is 10.1 Å². The summed E-state index contributed by atoms with van der Waals surface area (Å²) >= 11 is 0. The Morgan fingerprint density at radius 3 is 2.38 bits per heavy atom. The van der Waals surface area contributed by atoms with E-state index in [4.69, 9.17) is 9.47 Å². The molecule has 0 fully saturated rings. The molecular formula is C22H26BrFN2O3. The van der Waals surface area contributed by atoms with Crippen LogP contribution in [0.25, 0.3) is 0 Å². The van der Waals surface area contributed by atoms with E-state index >= 15 is 0 Å². The Kier molecular flexibility index (Phi) is 8.64. The van der Waals surface area contributed by atoms with Crippen LogP contribution in [0, 0.1) is 5.82 Å². The van der Waals surface area contributed by atoms with E-state index < -0.39 is 5.82 Å². The summed E-state index contributed by atoms with van der Waals surface area (Å²) in [5.41, 5.74) is 0.886. The van der Waals surface area contributed by atoms with Crippen LogP contribution in [0.15, 0.2) is 47.5 Å². The Balaban J connectivity index is 0.00000300. The number of carbonyl (C=O) groups is 1. The lowest BCUT2D eigenvalue weighted by Crippen LogP contribution is -2.36. The zero-order valence-corrected chi connectivity index (χ0v) is 18.4. The van der Waals surface area contributed by atoms with Crippen molar-refractivity contribution in [1.82, 2.24) is 0 Å². The first-order chi connectivity index (χ1) is 13.6. The maximum atomic E-state index is 14.4. The average Bonchev–Trinajstić information content (AvgIpc) is 3.01. The first-order valence-corrected chi connectivity index (χ1v) is 9.44. The number of hydrogen-bond acceptors (Lipinski definition) is 5. The van der Waals surface area contributed by atoms with Crippen molar-refractivity contribution < 1.29 is 18.7 Å². The first kappa shape index (κ1) is 22.9. The van der Waals surface area contributed by atoms with Gasteiger partial charge in [0.2, 0.25) is 0 Å². The van der Waals surface area contributed by atoms with Crippen molar-refractivity contribution in [2.24, 2.45) is 4.99 Å². The molecule has 0 radical (unpaired) electrons. The number of ether oxygens (including phenoxy) is 2. The second-order valence-electron chi connectivity index (χ2n) is 6.66. The molecule has 0 aromatic heterocycles. The van der Waals surface area contributed by atoms with Crippen molar-refractivity contribution in [2.45, 2.75) is 25.7 Å². The van der Waals surface area contributed by atoms with Gasteiger partial charge in [-0.05, 0) is 49.2 Å². The van der Waals surface area contributed by atoms with Crippen LogP contribution < -0.4 is 14.4 Å². The number of rotatable bonds is 6. The molecule has 2 aromatic rings. The van der Waals surface area contributed by atoms with Crippen LogP contribution in [-0.4, -0.2) is 38.9 Å². The molecule has 1 aliphatic rings. The van der Waals surface area contributed by atoms with Crippen LogP contribution in [0.3, 0.4) is 0 Å². The van der Waals surface area contributed by atoms with Crippen LogP contribution in [0.5, 0.6) is 11.5 Å². The van der Waals surface area contributed by atoms with Crippen LogP contribution in [-0.2, 0) is 0 Å². The molecule has 0 spiro atoms. The van der Waals surface area contributed by atoms with Crippen LogP contribution in [0.1, 0.15) is 36.0 Å². The monoisotopic (exact) mass is 464 g/mol. The van der Waals surface area contributed by atoms with Crippen molar-refractivity contribution in [2.75, 3.05) is 32.2 Å². The first-order valence-electron chi connectivity index (χ1n) is 9.44. The molecule has 0 saturated heterocycles. The molecule has 2 aromatic carbocycles. The van der Waals surface area contributed by atoms with Gasteiger partial charge in [-0.1, -0.05) is 6.42 Å². The largest absolute Gasteiger partial charge is 0.497 e. The van der Waals surface area contributed by atoms with Gasteiger partial charge in [-0.2, -0.15) is 0 Å². The number of carbonyl (C=O) groups excluding carboxylic acids is 1. The van der Waals surface area contributed by atoms with Crippen molar-refractivity contribution in [3.05, 3.63) is 53.8 Å². The summed E-state index contributed by atoms with van der Waals surface area (Å²) in [6, 6.07) is 11.8. The number of methoxy groups -OCH3 is 2. The number of halogens is 2. The molecule has 0 bridgehead atoms. The molecule has 7 heteroatoms. The lowest BCUT2D eigenvalue weighted by Gasteiger charge is -2.26. The molecule has 0 unspecified atom stereocenters. The highest BCUT2D eigenvalue weighted by Crippen LogP contribution is 2.24. The molecule has 1 heterocycles. The zero-order chi connectivity index (χ0) is 19.9. The predicted octanol–water partition coefficient (Wildman–Crippen LogP) is 5.08. The average molecular weight is 465 g/mol. The molecule has 0 N–H and O–H groups in total. The summed E-state index contributed by atoms with van der Waals surface area (Å²) in [5, 5.41) is 0. The second kappa shape index (κ2) is 11.0. The summed E-state index contributed by atoms with van der Waals surface area (Å²) in [5.74, 6) is 1.10. The number of Topliss-reactive ketones (excluding diaryl/α,β-unsaturated/α-hetero) is 1. The molecule has 1 aliphatic heterocycles. The highest BCUT2D eigenvalue weighted by atomic mass is 79.9. The van der Waals surface area contributed by atoms with E-state index in [0.29, 0.717) is 5.75 Å². The fraction of sp³-hybridized carbons (Fsp3) is 0.364. The molecule has 0 amide bonds. The van der Waals surface area contributed by atoms with Gasteiger partial charge in [0.1, 0.15) is 23.2 Å². The molecule has 29 heavy (non-hydrogen) atoms. The Morgan fingerprint density at radius 1 is 1.03 bits per heavy atom. The predicted molar refractivity (Wildman–Crippen MR) is 119 cm³/mol. The number of hydrogen-bond donors (Lipinski definition) is 0. The molecule has 5 nitrogen and oxygen atoms in total. The summed E-state index contributed by atoms with van der Waals surface area (Å²) in [4.78, 5) is 19.5. The summed E-state index contributed by atoms with van der Waals surface area (Å²) in [6.07, 6.45) is 3.98. The summed E-state index contributed by atoms with van der Waals surface area (Å²) < 4.78 is 24.6. The Hall–Kier alpha value is -2.41. The fourth-order valence-electron chi connectivity index (χ4n) is 3.25. The van der Waals surface area contributed by atoms with Crippen LogP contribution in [0.2, 0.25) is 0 Å². The van der Waals surface area contributed by atoms with Gasteiger partial charge in [-0.25, -0.2) is 4.39 Å². The normalized spacial score (nSPS) is 13.6. The smallest absolute Gasteiger partial charge is 0.185 e. The number of ketones is 1. The van der Waals surface area contributed by atoms with Crippen LogP contribution >= 0.6 is 17.0 Å². The highest BCUT2D eigenvalue weighted by Gasteiger charge is 2.21. The van der Waals surface area contributed by atoms with Gasteiger partial charge >= 0.3 is 0 Å². The Morgan fingerprint density at radius 2 is 1.72 bits per heavy atom. The highest BCUT2D eigenvalue weighted by molar-refractivity contribution is 8.93. The van der Waals surface area contributed by atoms with E-state index in [1.54, 1.807) is 13.2 Å². The van der Waals surface area contributed by atoms with Crippen molar-refractivity contribution in [3.63, 3.8) is 0 Å². The Labute approximate surface area is 181 Å². The maximum absolute atomic E-state index is 14.4. The fourth-order valence-corrected chi connectivity index (χ4v) is 3.25. The van der Waals surface area contributed by atoms with Gasteiger partial charge < -0.3 is 14.4 Å². The topological polar surface area (TPSA) is 51.1 Å². The minimum Gasteiger partial charge on any atom is -0.497 e. The third-order valence-electron chi connectivity index (χ3n) is 4.83. The van der Waals surface area contributed by atoms with E-state index in [2.05, 4.69) is 4.99 Å². The zero-order valence-electron chi connectivity index (χ0n) is 16.7. The van der Waals surface area contributed by atoms with Crippen molar-refractivity contribution in [1.29, 1.82) is 0 Å². The molecule has 3 rings (SSSR count). The number of amidine groups is 1. The minimum absolute atomic E-state index is 0. The van der Waals surface area contributed by atoms with Crippen molar-refractivity contribution in [3.8, 4) is 11.5 Å². The van der Waals surface area contributed by atoms with Gasteiger partial charge in [0.25, 0.3) is 0 Å². The number of aliphatic imine (C=N–C) groups is 1. The number of anilines is 1. The summed E-state index contributed by atoms with van der Waals surface area (Å²) in [7, 11) is 3.07. The van der Waals surface area contributed by atoms with E-state index in [0.717, 1.165) is 49.5 Å². The third-order valence-corrected chi connectivity index (χ3v) is 4.83. The molecule has 0 aliphatic carbocycles. The second-order valence-corrected chi connectivity index (χ2v) is 6.66.